The summed E-state index contributed by atoms with van der Waals surface area (Å²) in [7, 11) is -3.07. The molecule has 2 aromatic rings. The van der Waals surface area contributed by atoms with Gasteiger partial charge in [-0.15, -0.1) is 0 Å². The van der Waals surface area contributed by atoms with Gasteiger partial charge in [0.25, 0.3) is 0 Å². The lowest BCUT2D eigenvalue weighted by atomic mass is 10.1. The highest BCUT2D eigenvalue weighted by Gasteiger charge is 2.49. The van der Waals surface area contributed by atoms with E-state index in [0.717, 1.165) is 16.8 Å². The lowest BCUT2D eigenvalue weighted by molar-refractivity contribution is -0.117. The Balaban J connectivity index is 1.59. The molecule has 4 rings (SSSR count). The van der Waals surface area contributed by atoms with Gasteiger partial charge in [-0.05, 0) is 49.1 Å². The zero-order valence-electron chi connectivity index (χ0n) is 16.5. The lowest BCUT2D eigenvalue weighted by Gasteiger charge is -2.25. The summed E-state index contributed by atoms with van der Waals surface area (Å²) in [5.41, 5.74) is 4.31. The fourth-order valence-corrected chi connectivity index (χ4v) is 7.73. The maximum Gasteiger partial charge on any atom is 0.248 e. The van der Waals surface area contributed by atoms with Crippen molar-refractivity contribution in [2.75, 3.05) is 16.4 Å². The summed E-state index contributed by atoms with van der Waals surface area (Å²) in [5.74, 6) is 0.0726. The summed E-state index contributed by atoms with van der Waals surface area (Å²) in [5, 5.41) is 0.540. The van der Waals surface area contributed by atoms with Gasteiger partial charge in [0.1, 0.15) is 0 Å². The normalized spacial score (nSPS) is 24.1. The molecule has 0 aliphatic carbocycles. The van der Waals surface area contributed by atoms with Gasteiger partial charge in [0, 0.05) is 17.4 Å². The van der Waals surface area contributed by atoms with Crippen LogP contribution in [0.25, 0.3) is 0 Å². The average molecular weight is 429 g/mol. The minimum Gasteiger partial charge on any atom is -0.316 e. The number of amides is 1. The fraction of sp³-hybridized carbons (Fsp3) is 0.364. The lowest BCUT2D eigenvalue weighted by Crippen LogP contribution is -2.37. The van der Waals surface area contributed by atoms with Crippen LogP contribution < -0.4 is 4.90 Å². The molecule has 1 amide bonds. The van der Waals surface area contributed by atoms with Crippen molar-refractivity contribution >= 4 is 38.4 Å². The van der Waals surface area contributed by atoms with Crippen molar-refractivity contribution in [2.45, 2.75) is 38.0 Å². The first-order valence-electron chi connectivity index (χ1n) is 9.71. The van der Waals surface area contributed by atoms with Crippen LogP contribution >= 0.6 is 11.8 Å². The number of rotatable bonds is 4. The van der Waals surface area contributed by atoms with Crippen molar-refractivity contribution in [3.63, 3.8) is 0 Å². The van der Waals surface area contributed by atoms with E-state index in [2.05, 4.69) is 4.99 Å². The Labute approximate surface area is 176 Å². The molecule has 2 saturated heterocycles. The van der Waals surface area contributed by atoms with Crippen molar-refractivity contribution in [3.05, 3.63) is 65.2 Å². The first kappa shape index (κ1) is 20.2. The second kappa shape index (κ2) is 7.95. The van der Waals surface area contributed by atoms with Crippen molar-refractivity contribution in [1.29, 1.82) is 0 Å². The van der Waals surface area contributed by atoms with E-state index in [1.54, 1.807) is 0 Å². The van der Waals surface area contributed by atoms with Gasteiger partial charge in [-0.2, -0.15) is 4.99 Å². The highest BCUT2D eigenvalue weighted by atomic mass is 32.2. The average Bonchev–Trinajstić information content (AvgIpc) is 3.14. The number of fused-ring (bicyclic) bond motifs is 1. The smallest absolute Gasteiger partial charge is 0.248 e. The Hall–Kier alpha value is -2.12. The molecule has 2 heterocycles. The molecule has 2 aliphatic rings. The molecule has 0 spiro atoms. The highest BCUT2D eigenvalue weighted by molar-refractivity contribution is 8.16. The van der Waals surface area contributed by atoms with Crippen LogP contribution in [0.15, 0.2) is 53.5 Å². The molecule has 2 fully saturated rings. The highest BCUT2D eigenvalue weighted by Crippen LogP contribution is 2.41. The number of sulfone groups is 1. The van der Waals surface area contributed by atoms with Gasteiger partial charge in [-0.25, -0.2) is 8.42 Å². The fourth-order valence-electron chi connectivity index (χ4n) is 3.80. The Bertz CT molecular complexity index is 1060. The minimum absolute atomic E-state index is 0.0812. The summed E-state index contributed by atoms with van der Waals surface area (Å²) in [4.78, 5) is 18.9. The number of hydrogen-bond acceptors (Lipinski definition) is 4. The van der Waals surface area contributed by atoms with Crippen LogP contribution in [-0.2, 0) is 21.1 Å². The number of aryl methyl sites for hydroxylation is 3. The number of hydrogen-bond donors (Lipinski definition) is 0. The number of carbonyl (C=O) groups is 1. The van der Waals surface area contributed by atoms with Crippen LogP contribution in [0.2, 0.25) is 0 Å². The van der Waals surface area contributed by atoms with E-state index in [1.807, 2.05) is 67.3 Å². The van der Waals surface area contributed by atoms with Crippen LogP contribution in [0, 0.1) is 13.8 Å². The summed E-state index contributed by atoms with van der Waals surface area (Å²) in [6.07, 6.45) is 0.981. The monoisotopic (exact) mass is 428 g/mol. The Morgan fingerprint density at radius 2 is 1.86 bits per heavy atom. The van der Waals surface area contributed by atoms with Crippen LogP contribution in [0.5, 0.6) is 0 Å². The maximum atomic E-state index is 12.6. The first-order chi connectivity index (χ1) is 13.8. The van der Waals surface area contributed by atoms with Gasteiger partial charge in [0.2, 0.25) is 5.91 Å². The maximum absolute atomic E-state index is 12.6. The molecule has 2 aromatic carbocycles. The molecule has 0 N–H and O–H groups in total. The van der Waals surface area contributed by atoms with E-state index < -0.39 is 9.84 Å². The van der Waals surface area contributed by atoms with Crippen LogP contribution in [0.4, 0.5) is 5.69 Å². The minimum atomic E-state index is -3.07. The SMILES string of the molecule is Cc1ccc(N2C(=NC(=O)CCc3ccccc3)S[C@@H]3CS(=O)(=O)C[C@@H]32)cc1C. The Kier molecular flexibility index (Phi) is 5.53. The van der Waals surface area contributed by atoms with E-state index in [-0.39, 0.29) is 28.7 Å². The van der Waals surface area contributed by atoms with Crippen LogP contribution in [-0.4, -0.2) is 42.3 Å². The summed E-state index contributed by atoms with van der Waals surface area (Å²) < 4.78 is 24.4. The third-order valence-electron chi connectivity index (χ3n) is 5.53. The van der Waals surface area contributed by atoms with E-state index in [4.69, 9.17) is 0 Å². The summed E-state index contributed by atoms with van der Waals surface area (Å²) in [6, 6.07) is 15.8. The van der Waals surface area contributed by atoms with E-state index >= 15 is 0 Å². The van der Waals surface area contributed by atoms with Gasteiger partial charge >= 0.3 is 0 Å². The van der Waals surface area contributed by atoms with Crippen LogP contribution in [0.3, 0.4) is 0 Å². The summed E-state index contributed by atoms with van der Waals surface area (Å²) in [6.45, 7) is 4.08. The number of amidine groups is 1. The number of carbonyl (C=O) groups excluding carboxylic acids is 1. The standard InChI is InChI=1S/C22H24N2O3S2/c1-15-8-10-18(12-16(15)2)24-19-13-29(26,27)14-20(19)28-22(24)23-21(25)11-9-17-6-4-3-5-7-17/h3-8,10,12,19-20H,9,11,13-14H2,1-2H3/t19-,20+/m0/s1. The second-order valence-corrected chi connectivity index (χ2v) is 11.1. The number of nitrogens with zero attached hydrogens (tertiary/aromatic N) is 2. The molecule has 0 aromatic heterocycles. The predicted molar refractivity (Wildman–Crippen MR) is 119 cm³/mol. The van der Waals surface area contributed by atoms with Gasteiger partial charge in [0.05, 0.1) is 17.5 Å². The molecular formula is C22H24N2O3S2. The van der Waals surface area contributed by atoms with E-state index in [1.165, 1.54) is 17.3 Å². The van der Waals surface area contributed by atoms with E-state index in [9.17, 15) is 13.2 Å². The van der Waals surface area contributed by atoms with Crippen molar-refractivity contribution in [3.8, 4) is 0 Å². The summed E-state index contributed by atoms with van der Waals surface area (Å²) >= 11 is 1.42. The van der Waals surface area contributed by atoms with E-state index in [0.29, 0.717) is 18.0 Å². The Morgan fingerprint density at radius 1 is 1.10 bits per heavy atom. The number of aliphatic imine (C=N–C) groups is 1. The zero-order chi connectivity index (χ0) is 20.6. The molecular weight excluding hydrogens is 404 g/mol. The van der Waals surface area contributed by atoms with Gasteiger partial charge in [-0.1, -0.05) is 48.2 Å². The first-order valence-corrected chi connectivity index (χ1v) is 12.4. The quantitative estimate of drug-likeness (QED) is 0.745. The molecule has 2 aliphatic heterocycles. The largest absolute Gasteiger partial charge is 0.316 e. The second-order valence-electron chi connectivity index (χ2n) is 7.71. The third-order valence-corrected chi connectivity index (χ3v) is 8.74. The third kappa shape index (κ3) is 4.41. The topological polar surface area (TPSA) is 66.8 Å². The number of benzene rings is 2. The Morgan fingerprint density at radius 3 is 2.59 bits per heavy atom. The van der Waals surface area contributed by atoms with Gasteiger partial charge < -0.3 is 4.90 Å². The molecule has 152 valence electrons. The molecule has 5 nitrogen and oxygen atoms in total. The molecule has 29 heavy (non-hydrogen) atoms. The predicted octanol–water partition coefficient (Wildman–Crippen LogP) is 3.54. The number of thioether (sulfide) groups is 1. The molecule has 0 radical (unpaired) electrons. The molecule has 2 atom stereocenters. The molecule has 0 unspecified atom stereocenters. The number of anilines is 1. The van der Waals surface area contributed by atoms with Gasteiger partial charge in [-0.3, -0.25) is 4.79 Å². The van der Waals surface area contributed by atoms with Crippen molar-refractivity contribution in [2.24, 2.45) is 4.99 Å². The van der Waals surface area contributed by atoms with Gasteiger partial charge in [0.15, 0.2) is 15.0 Å². The van der Waals surface area contributed by atoms with Crippen LogP contribution in [0.1, 0.15) is 23.1 Å². The molecule has 0 saturated carbocycles. The van der Waals surface area contributed by atoms with Crippen molar-refractivity contribution in [1.82, 2.24) is 0 Å². The molecule has 0 bridgehead atoms. The van der Waals surface area contributed by atoms with Crippen molar-refractivity contribution < 1.29 is 13.2 Å². The zero-order valence-corrected chi connectivity index (χ0v) is 18.2. The molecule has 7 heteroatoms.